The van der Waals surface area contributed by atoms with Gasteiger partial charge in [0.05, 0.1) is 6.54 Å². The topological polar surface area (TPSA) is 42.6 Å². The molecule has 5 rings (SSSR count). The number of aromatic amines is 1. The molecule has 6 heteroatoms. The molecule has 2 aliphatic rings. The zero-order chi connectivity index (χ0) is 19.8. The molecule has 0 bridgehead atoms. The van der Waals surface area contributed by atoms with Gasteiger partial charge in [0.1, 0.15) is 5.82 Å². The first-order valence-corrected chi connectivity index (χ1v) is 10.3. The number of H-pyrrole nitrogens is 1. The lowest BCUT2D eigenvalue weighted by Crippen LogP contribution is -2.50. The second-order valence-corrected chi connectivity index (χ2v) is 7.93. The molecular formula is C23H25FN4O. The molecule has 0 aliphatic carbocycles. The number of hydrogen-bond donors (Lipinski definition) is 1. The van der Waals surface area contributed by atoms with E-state index in [1.807, 2.05) is 23.1 Å². The fourth-order valence-electron chi connectivity index (χ4n) is 4.49. The SMILES string of the molecule is O=C(CN1CCN(c2ccc(F)cc2)CC1)N1CCc2[nH]c3ccccc3c2C1. The fraction of sp³-hybridized carbons (Fsp3) is 0.348. The van der Waals surface area contributed by atoms with Gasteiger partial charge in [0, 0.05) is 73.5 Å². The first-order chi connectivity index (χ1) is 14.2. The summed E-state index contributed by atoms with van der Waals surface area (Å²) in [5, 5.41) is 1.23. The zero-order valence-corrected chi connectivity index (χ0v) is 16.4. The Hall–Kier alpha value is -2.86. The molecule has 5 nitrogen and oxygen atoms in total. The van der Waals surface area contributed by atoms with Crippen molar-refractivity contribution in [2.45, 2.75) is 13.0 Å². The average Bonchev–Trinajstić information content (AvgIpc) is 3.13. The Morgan fingerprint density at radius 1 is 0.966 bits per heavy atom. The summed E-state index contributed by atoms with van der Waals surface area (Å²) in [5.41, 5.74) is 4.73. The lowest BCUT2D eigenvalue weighted by atomic mass is 10.0. The fourth-order valence-corrected chi connectivity index (χ4v) is 4.49. The Morgan fingerprint density at radius 2 is 1.72 bits per heavy atom. The van der Waals surface area contributed by atoms with Crippen LogP contribution in [0.3, 0.4) is 0 Å². The van der Waals surface area contributed by atoms with Gasteiger partial charge in [0.25, 0.3) is 0 Å². The van der Waals surface area contributed by atoms with Crippen LogP contribution in [0.5, 0.6) is 0 Å². The zero-order valence-electron chi connectivity index (χ0n) is 16.4. The molecule has 1 fully saturated rings. The molecule has 3 heterocycles. The molecule has 1 N–H and O–H groups in total. The van der Waals surface area contributed by atoms with Crippen molar-refractivity contribution < 1.29 is 9.18 Å². The van der Waals surface area contributed by atoms with Gasteiger partial charge in [-0.1, -0.05) is 18.2 Å². The van der Waals surface area contributed by atoms with Crippen LogP contribution in [0.1, 0.15) is 11.3 Å². The predicted octanol–water partition coefficient (Wildman–Crippen LogP) is 3.01. The highest BCUT2D eigenvalue weighted by atomic mass is 19.1. The second-order valence-electron chi connectivity index (χ2n) is 7.93. The number of carbonyl (C=O) groups excluding carboxylic acids is 1. The highest BCUT2D eigenvalue weighted by Gasteiger charge is 2.26. The third-order valence-corrected chi connectivity index (χ3v) is 6.16. The van der Waals surface area contributed by atoms with Gasteiger partial charge < -0.3 is 14.8 Å². The molecule has 0 spiro atoms. The van der Waals surface area contributed by atoms with Gasteiger partial charge in [-0.2, -0.15) is 0 Å². The van der Waals surface area contributed by atoms with Crippen LogP contribution in [0.25, 0.3) is 10.9 Å². The Kier molecular flexibility index (Phi) is 4.72. The number of halogens is 1. The van der Waals surface area contributed by atoms with E-state index in [1.165, 1.54) is 28.8 Å². The summed E-state index contributed by atoms with van der Waals surface area (Å²) in [6.07, 6.45) is 0.883. The summed E-state index contributed by atoms with van der Waals surface area (Å²) in [6.45, 7) is 5.32. The maximum absolute atomic E-state index is 13.1. The number of anilines is 1. The quantitative estimate of drug-likeness (QED) is 0.745. The Balaban J connectivity index is 1.19. The van der Waals surface area contributed by atoms with Crippen LogP contribution in [-0.4, -0.2) is 60.0 Å². The van der Waals surface area contributed by atoms with Crippen molar-refractivity contribution in [2.24, 2.45) is 0 Å². The first kappa shape index (κ1) is 18.2. The summed E-state index contributed by atoms with van der Waals surface area (Å²) >= 11 is 0. The van der Waals surface area contributed by atoms with Crippen molar-refractivity contribution in [3.63, 3.8) is 0 Å². The minimum absolute atomic E-state index is 0.205. The minimum atomic E-state index is -0.210. The monoisotopic (exact) mass is 392 g/mol. The normalized spacial score (nSPS) is 17.6. The van der Waals surface area contributed by atoms with Crippen molar-refractivity contribution in [1.82, 2.24) is 14.8 Å². The number of nitrogens with zero attached hydrogens (tertiary/aromatic N) is 3. The summed E-state index contributed by atoms with van der Waals surface area (Å²) in [6, 6.07) is 15.0. The lowest BCUT2D eigenvalue weighted by Gasteiger charge is -2.37. The largest absolute Gasteiger partial charge is 0.369 e. The molecular weight excluding hydrogens is 367 g/mol. The third kappa shape index (κ3) is 3.60. The summed E-state index contributed by atoms with van der Waals surface area (Å²) in [4.78, 5) is 22.9. The van der Waals surface area contributed by atoms with E-state index in [0.29, 0.717) is 13.1 Å². The van der Waals surface area contributed by atoms with Gasteiger partial charge in [-0.25, -0.2) is 4.39 Å². The number of benzene rings is 2. The van der Waals surface area contributed by atoms with Crippen LogP contribution >= 0.6 is 0 Å². The van der Waals surface area contributed by atoms with E-state index in [9.17, 15) is 9.18 Å². The summed E-state index contributed by atoms with van der Waals surface area (Å²) in [7, 11) is 0. The molecule has 2 aromatic carbocycles. The van der Waals surface area contributed by atoms with Crippen LogP contribution < -0.4 is 4.90 Å². The van der Waals surface area contributed by atoms with Crippen LogP contribution in [-0.2, 0) is 17.8 Å². The number of hydrogen-bond acceptors (Lipinski definition) is 3. The molecule has 150 valence electrons. The van der Waals surface area contributed by atoms with Gasteiger partial charge in [-0.05, 0) is 30.3 Å². The molecule has 0 atom stereocenters. The second kappa shape index (κ2) is 7.52. The summed E-state index contributed by atoms with van der Waals surface area (Å²) in [5.74, 6) is -0.00552. The minimum Gasteiger partial charge on any atom is -0.369 e. The van der Waals surface area contributed by atoms with Crippen molar-refractivity contribution >= 4 is 22.5 Å². The smallest absolute Gasteiger partial charge is 0.237 e. The van der Waals surface area contributed by atoms with Crippen LogP contribution in [0.15, 0.2) is 48.5 Å². The van der Waals surface area contributed by atoms with Gasteiger partial charge in [0.15, 0.2) is 0 Å². The Labute approximate surface area is 169 Å². The van der Waals surface area contributed by atoms with E-state index < -0.39 is 0 Å². The molecule has 1 aromatic heterocycles. The molecule has 0 unspecified atom stereocenters. The molecule has 1 saturated heterocycles. The number of carbonyl (C=O) groups is 1. The highest BCUT2D eigenvalue weighted by molar-refractivity contribution is 5.86. The number of amides is 1. The van der Waals surface area contributed by atoms with Crippen LogP contribution in [0, 0.1) is 5.82 Å². The van der Waals surface area contributed by atoms with E-state index in [-0.39, 0.29) is 11.7 Å². The number of nitrogens with one attached hydrogen (secondary N) is 1. The predicted molar refractivity (Wildman–Crippen MR) is 112 cm³/mol. The Bertz CT molecular complexity index is 1020. The highest BCUT2D eigenvalue weighted by Crippen LogP contribution is 2.27. The van der Waals surface area contributed by atoms with E-state index in [0.717, 1.165) is 50.3 Å². The standard InChI is InChI=1S/C23H25FN4O/c24-17-5-7-18(8-6-17)27-13-11-26(12-14-27)16-23(29)28-10-9-22-20(15-28)19-3-1-2-4-21(19)25-22/h1-8,25H,9-16H2. The van der Waals surface area contributed by atoms with Gasteiger partial charge in [-0.3, -0.25) is 9.69 Å². The number of aromatic nitrogens is 1. The van der Waals surface area contributed by atoms with Crippen molar-refractivity contribution in [1.29, 1.82) is 0 Å². The van der Waals surface area contributed by atoms with E-state index in [4.69, 9.17) is 0 Å². The number of piperazine rings is 1. The van der Waals surface area contributed by atoms with E-state index in [1.54, 1.807) is 0 Å². The van der Waals surface area contributed by atoms with Gasteiger partial charge in [0.2, 0.25) is 5.91 Å². The molecule has 0 radical (unpaired) electrons. The molecule has 1 amide bonds. The third-order valence-electron chi connectivity index (χ3n) is 6.16. The average molecular weight is 392 g/mol. The maximum Gasteiger partial charge on any atom is 0.237 e. The molecule has 0 saturated carbocycles. The molecule has 2 aliphatic heterocycles. The van der Waals surface area contributed by atoms with Gasteiger partial charge in [-0.15, -0.1) is 0 Å². The van der Waals surface area contributed by atoms with E-state index >= 15 is 0 Å². The lowest BCUT2D eigenvalue weighted by molar-refractivity contribution is -0.133. The van der Waals surface area contributed by atoms with Gasteiger partial charge >= 0.3 is 0 Å². The van der Waals surface area contributed by atoms with Crippen molar-refractivity contribution in [3.05, 3.63) is 65.6 Å². The first-order valence-electron chi connectivity index (χ1n) is 10.3. The number of fused-ring (bicyclic) bond motifs is 3. The number of rotatable bonds is 3. The Morgan fingerprint density at radius 3 is 2.52 bits per heavy atom. The van der Waals surface area contributed by atoms with Crippen molar-refractivity contribution in [2.75, 3.05) is 44.2 Å². The molecule has 29 heavy (non-hydrogen) atoms. The van der Waals surface area contributed by atoms with E-state index in [2.05, 4.69) is 33.0 Å². The number of para-hydroxylation sites is 1. The summed E-state index contributed by atoms with van der Waals surface area (Å²) < 4.78 is 13.1. The van der Waals surface area contributed by atoms with Crippen LogP contribution in [0.4, 0.5) is 10.1 Å². The molecule has 3 aromatic rings. The van der Waals surface area contributed by atoms with Crippen LogP contribution in [0.2, 0.25) is 0 Å². The van der Waals surface area contributed by atoms with Crippen molar-refractivity contribution in [3.8, 4) is 0 Å². The maximum atomic E-state index is 13.1.